The average Bonchev–Trinajstić information content (AvgIpc) is 3.16. The minimum Gasteiger partial charge on any atom is -0.448 e. The standard InChI is InChI=1S/C19H13N3O5S/c23-17(16-9-11-4-1-2-7-14(11)18(24)27-16)21-19-20-15(10-28-19)12-5-3-6-13(8-12)22(25)26/h1-8,10,16H,9H2,(H,20,21,23)/t16-/m1/s1. The number of anilines is 1. The zero-order valence-electron chi connectivity index (χ0n) is 14.3. The zero-order chi connectivity index (χ0) is 19.7. The number of esters is 1. The lowest BCUT2D eigenvalue weighted by Crippen LogP contribution is -2.37. The molecular weight excluding hydrogens is 382 g/mol. The van der Waals surface area contributed by atoms with E-state index in [1.807, 2.05) is 0 Å². The van der Waals surface area contributed by atoms with Crippen molar-refractivity contribution in [3.63, 3.8) is 0 Å². The summed E-state index contributed by atoms with van der Waals surface area (Å²) in [5, 5.41) is 15.6. The third-order valence-corrected chi connectivity index (χ3v) is 5.03. The first-order chi connectivity index (χ1) is 13.5. The van der Waals surface area contributed by atoms with Crippen LogP contribution >= 0.6 is 11.3 Å². The Balaban J connectivity index is 1.49. The Bertz CT molecular complexity index is 1090. The average molecular weight is 395 g/mol. The number of amides is 1. The van der Waals surface area contributed by atoms with Crippen molar-refractivity contribution in [3.8, 4) is 11.3 Å². The summed E-state index contributed by atoms with van der Waals surface area (Å²) >= 11 is 1.18. The van der Waals surface area contributed by atoms with Crippen LogP contribution < -0.4 is 5.32 Å². The van der Waals surface area contributed by atoms with Gasteiger partial charge in [-0.1, -0.05) is 30.3 Å². The maximum absolute atomic E-state index is 12.5. The number of fused-ring (bicyclic) bond motifs is 1. The highest BCUT2D eigenvalue weighted by atomic mass is 32.1. The lowest BCUT2D eigenvalue weighted by molar-refractivity contribution is -0.384. The molecule has 28 heavy (non-hydrogen) atoms. The number of nitrogens with zero attached hydrogens (tertiary/aromatic N) is 2. The third-order valence-electron chi connectivity index (χ3n) is 4.27. The van der Waals surface area contributed by atoms with Crippen LogP contribution in [0, 0.1) is 10.1 Å². The summed E-state index contributed by atoms with van der Waals surface area (Å²) in [6, 6.07) is 13.1. The molecule has 0 spiro atoms. The Morgan fingerprint density at radius 3 is 2.89 bits per heavy atom. The van der Waals surface area contributed by atoms with Gasteiger partial charge >= 0.3 is 5.97 Å². The van der Waals surface area contributed by atoms with Crippen LogP contribution in [0.25, 0.3) is 11.3 Å². The number of ether oxygens (including phenoxy) is 1. The van der Waals surface area contributed by atoms with E-state index in [4.69, 9.17) is 4.74 Å². The fraction of sp³-hybridized carbons (Fsp3) is 0.105. The summed E-state index contributed by atoms with van der Waals surface area (Å²) in [5.74, 6) is -0.999. The normalized spacial score (nSPS) is 15.4. The highest BCUT2D eigenvalue weighted by Crippen LogP contribution is 2.28. The fourth-order valence-corrected chi connectivity index (χ4v) is 3.63. The molecule has 2 heterocycles. The van der Waals surface area contributed by atoms with Crippen molar-refractivity contribution >= 4 is 34.0 Å². The molecule has 8 nitrogen and oxygen atoms in total. The zero-order valence-corrected chi connectivity index (χ0v) is 15.1. The number of cyclic esters (lactones) is 1. The Morgan fingerprint density at radius 1 is 1.25 bits per heavy atom. The minimum absolute atomic E-state index is 0.0381. The second-order valence-corrected chi connectivity index (χ2v) is 6.95. The van der Waals surface area contributed by atoms with Crippen molar-refractivity contribution < 1.29 is 19.2 Å². The minimum atomic E-state index is -0.937. The molecule has 1 aliphatic heterocycles. The van der Waals surface area contributed by atoms with Gasteiger partial charge in [-0.25, -0.2) is 9.78 Å². The van der Waals surface area contributed by atoms with Crippen molar-refractivity contribution in [2.45, 2.75) is 12.5 Å². The lowest BCUT2D eigenvalue weighted by Gasteiger charge is -2.23. The number of aromatic nitrogens is 1. The van der Waals surface area contributed by atoms with Crippen LogP contribution in [0.5, 0.6) is 0 Å². The van der Waals surface area contributed by atoms with E-state index in [1.54, 1.807) is 41.8 Å². The number of nitro benzene ring substituents is 1. The van der Waals surface area contributed by atoms with Gasteiger partial charge in [0, 0.05) is 29.5 Å². The number of nitro groups is 1. The lowest BCUT2D eigenvalue weighted by atomic mass is 9.98. The van der Waals surface area contributed by atoms with Gasteiger partial charge in [-0.15, -0.1) is 11.3 Å². The number of carbonyl (C=O) groups excluding carboxylic acids is 2. The van der Waals surface area contributed by atoms with E-state index in [1.165, 1.54) is 23.5 Å². The summed E-state index contributed by atoms with van der Waals surface area (Å²) in [6.45, 7) is 0. The summed E-state index contributed by atoms with van der Waals surface area (Å²) in [5.41, 5.74) is 2.27. The fourth-order valence-electron chi connectivity index (χ4n) is 2.91. The van der Waals surface area contributed by atoms with E-state index >= 15 is 0 Å². The van der Waals surface area contributed by atoms with Gasteiger partial charge in [0.15, 0.2) is 11.2 Å². The van der Waals surface area contributed by atoms with Crippen LogP contribution in [0.3, 0.4) is 0 Å². The number of hydrogen-bond donors (Lipinski definition) is 1. The van der Waals surface area contributed by atoms with Crippen LogP contribution in [0.4, 0.5) is 10.8 Å². The van der Waals surface area contributed by atoms with Crippen LogP contribution in [0.2, 0.25) is 0 Å². The summed E-state index contributed by atoms with van der Waals surface area (Å²) in [6.07, 6.45) is -0.649. The second kappa shape index (κ2) is 7.20. The number of rotatable bonds is 4. The molecule has 0 bridgehead atoms. The van der Waals surface area contributed by atoms with E-state index in [-0.39, 0.29) is 12.1 Å². The van der Waals surface area contributed by atoms with Crippen LogP contribution in [-0.2, 0) is 16.0 Å². The molecule has 0 saturated carbocycles. The molecule has 1 amide bonds. The highest BCUT2D eigenvalue weighted by Gasteiger charge is 2.31. The van der Waals surface area contributed by atoms with Gasteiger partial charge in [0.25, 0.3) is 11.6 Å². The Hall–Kier alpha value is -3.59. The quantitative estimate of drug-likeness (QED) is 0.411. The number of nitrogens with one attached hydrogen (secondary N) is 1. The van der Waals surface area contributed by atoms with Crippen molar-refractivity contribution in [1.29, 1.82) is 0 Å². The molecule has 3 aromatic rings. The number of hydrogen-bond acceptors (Lipinski definition) is 7. The highest BCUT2D eigenvalue weighted by molar-refractivity contribution is 7.14. The predicted molar refractivity (Wildman–Crippen MR) is 102 cm³/mol. The van der Waals surface area contributed by atoms with E-state index in [9.17, 15) is 19.7 Å². The van der Waals surface area contributed by atoms with Gasteiger partial charge < -0.3 is 4.74 Å². The summed E-state index contributed by atoms with van der Waals surface area (Å²) < 4.78 is 5.23. The molecule has 0 aliphatic carbocycles. The Labute approximate surface area is 162 Å². The van der Waals surface area contributed by atoms with Gasteiger partial charge in [-0.3, -0.25) is 20.2 Å². The molecular formula is C19H13N3O5S. The molecule has 2 aromatic carbocycles. The van der Waals surface area contributed by atoms with Gasteiger partial charge in [0.05, 0.1) is 16.2 Å². The Kier molecular flexibility index (Phi) is 4.58. The van der Waals surface area contributed by atoms with Gasteiger partial charge in [-0.05, 0) is 11.6 Å². The van der Waals surface area contributed by atoms with E-state index in [2.05, 4.69) is 10.3 Å². The molecule has 0 radical (unpaired) electrons. The second-order valence-electron chi connectivity index (χ2n) is 6.09. The number of carbonyl (C=O) groups is 2. The molecule has 1 aliphatic rings. The maximum Gasteiger partial charge on any atom is 0.339 e. The monoisotopic (exact) mass is 395 g/mol. The maximum atomic E-state index is 12.5. The summed E-state index contributed by atoms with van der Waals surface area (Å²) in [7, 11) is 0. The van der Waals surface area contributed by atoms with Gasteiger partial charge in [-0.2, -0.15) is 0 Å². The topological polar surface area (TPSA) is 111 Å². The molecule has 9 heteroatoms. The Morgan fingerprint density at radius 2 is 2.07 bits per heavy atom. The first kappa shape index (κ1) is 17.8. The van der Waals surface area contributed by atoms with E-state index in [0.29, 0.717) is 22.0 Å². The first-order valence-corrected chi connectivity index (χ1v) is 9.19. The number of benzene rings is 2. The molecule has 0 fully saturated rings. The SMILES string of the molecule is O=C1O[C@@H](C(=O)Nc2nc(-c3cccc([N+](=O)[O-])c3)cs2)Cc2ccccc21. The molecule has 4 rings (SSSR count). The largest absolute Gasteiger partial charge is 0.448 e. The van der Waals surface area contributed by atoms with Crippen molar-refractivity contribution in [3.05, 3.63) is 75.2 Å². The van der Waals surface area contributed by atoms with Crippen molar-refractivity contribution in [1.82, 2.24) is 4.98 Å². The van der Waals surface area contributed by atoms with Crippen molar-refractivity contribution in [2.24, 2.45) is 0 Å². The number of non-ortho nitro benzene ring substituents is 1. The smallest absolute Gasteiger partial charge is 0.339 e. The number of thiazole rings is 1. The first-order valence-electron chi connectivity index (χ1n) is 8.31. The molecule has 1 N–H and O–H groups in total. The van der Waals surface area contributed by atoms with E-state index < -0.39 is 22.9 Å². The predicted octanol–water partition coefficient (Wildman–Crippen LogP) is 3.44. The van der Waals surface area contributed by atoms with Gasteiger partial charge in [0.2, 0.25) is 0 Å². The molecule has 1 aromatic heterocycles. The van der Waals surface area contributed by atoms with Gasteiger partial charge in [0.1, 0.15) is 0 Å². The molecule has 0 saturated heterocycles. The van der Waals surface area contributed by atoms with Crippen LogP contribution in [0.15, 0.2) is 53.9 Å². The molecule has 1 atom stereocenters. The molecule has 140 valence electrons. The summed E-state index contributed by atoms with van der Waals surface area (Å²) in [4.78, 5) is 39.3. The molecule has 0 unspecified atom stereocenters. The van der Waals surface area contributed by atoms with Crippen molar-refractivity contribution in [2.75, 3.05) is 5.32 Å². The third kappa shape index (κ3) is 3.47. The van der Waals surface area contributed by atoms with E-state index in [0.717, 1.165) is 5.56 Å². The van der Waals surface area contributed by atoms with Crippen LogP contribution in [0.1, 0.15) is 15.9 Å². The van der Waals surface area contributed by atoms with Crippen LogP contribution in [-0.4, -0.2) is 27.9 Å².